The number of hydrogen-bond acceptors (Lipinski definition) is 7. The summed E-state index contributed by atoms with van der Waals surface area (Å²) in [6, 6.07) is 15.2. The third-order valence-corrected chi connectivity index (χ3v) is 4.95. The van der Waals surface area contributed by atoms with Crippen molar-refractivity contribution in [3.8, 4) is 0 Å². The van der Waals surface area contributed by atoms with E-state index in [-0.39, 0.29) is 0 Å². The Hall–Kier alpha value is -3.13. The number of rotatable bonds is 4. The van der Waals surface area contributed by atoms with Crippen LogP contribution < -0.4 is 0 Å². The average molecular weight is 395 g/mol. The van der Waals surface area contributed by atoms with E-state index in [1.54, 1.807) is 6.07 Å². The molecule has 142 valence electrons. The molecule has 1 fully saturated rings. The number of nitrogens with one attached hydrogen (secondary N) is 1. The molecule has 7 nitrogen and oxygen atoms in total. The van der Waals surface area contributed by atoms with E-state index in [9.17, 15) is 9.59 Å². The summed E-state index contributed by atoms with van der Waals surface area (Å²) in [4.78, 5) is 37.1. The Morgan fingerprint density at radius 3 is 2.50 bits per heavy atom. The van der Waals surface area contributed by atoms with Gasteiger partial charge in [-0.05, 0) is 36.0 Å². The van der Waals surface area contributed by atoms with Gasteiger partial charge in [0.15, 0.2) is 11.1 Å². The van der Waals surface area contributed by atoms with Crippen LogP contribution in [0.5, 0.6) is 0 Å². The molecule has 0 bridgehead atoms. The Morgan fingerprint density at radius 1 is 1.07 bits per heavy atom. The van der Waals surface area contributed by atoms with Crippen LogP contribution in [0.1, 0.15) is 13.8 Å². The molecule has 28 heavy (non-hydrogen) atoms. The molecule has 0 radical (unpaired) electrons. The van der Waals surface area contributed by atoms with Gasteiger partial charge in [-0.15, -0.1) is 0 Å². The molecule has 0 unspecified atom stereocenters. The van der Waals surface area contributed by atoms with Crippen molar-refractivity contribution >= 4 is 46.6 Å². The number of aromatic nitrogens is 2. The maximum absolute atomic E-state index is 12.1. The van der Waals surface area contributed by atoms with Crippen LogP contribution in [0, 0.1) is 5.92 Å². The Morgan fingerprint density at radius 2 is 1.75 bits per heavy atom. The molecule has 1 N–H and O–H groups in total. The summed E-state index contributed by atoms with van der Waals surface area (Å²) in [5, 5.41) is 0.724. The average Bonchev–Trinajstić information content (AvgIpc) is 3.03. The standard InChI is InChI=1S/C20H17N3O4S/c1-20(2)26-17(24)12(18(25)27-20)11-21-15-9-5-6-10-16(15)28-19-22-13-7-3-4-8-14(13)23-19/h3-12H,1-2H3,(H,22,23). The van der Waals surface area contributed by atoms with Crippen LogP contribution in [0.4, 0.5) is 5.69 Å². The maximum Gasteiger partial charge on any atom is 0.329 e. The van der Waals surface area contributed by atoms with Crippen molar-refractivity contribution in [1.82, 2.24) is 9.97 Å². The van der Waals surface area contributed by atoms with Crippen molar-refractivity contribution in [2.45, 2.75) is 29.7 Å². The van der Waals surface area contributed by atoms with Crippen molar-refractivity contribution in [2.75, 3.05) is 0 Å². The number of nitrogens with zero attached hydrogens (tertiary/aromatic N) is 2. The molecule has 2 heterocycles. The van der Waals surface area contributed by atoms with E-state index in [1.807, 2.05) is 42.5 Å². The first-order valence-electron chi connectivity index (χ1n) is 8.63. The lowest BCUT2D eigenvalue weighted by molar-refractivity contribution is -0.235. The molecular formula is C20H17N3O4S. The van der Waals surface area contributed by atoms with Crippen LogP contribution in [-0.4, -0.2) is 33.9 Å². The number of aromatic amines is 1. The Labute approximate surface area is 165 Å². The Balaban J connectivity index is 1.57. The van der Waals surface area contributed by atoms with Crippen LogP contribution in [-0.2, 0) is 19.1 Å². The van der Waals surface area contributed by atoms with Crippen molar-refractivity contribution < 1.29 is 19.1 Å². The van der Waals surface area contributed by atoms with Gasteiger partial charge < -0.3 is 14.5 Å². The smallest absolute Gasteiger partial charge is 0.329 e. The minimum atomic E-state index is -1.26. The predicted octanol–water partition coefficient (Wildman–Crippen LogP) is 3.87. The summed E-state index contributed by atoms with van der Waals surface area (Å²) in [7, 11) is 0. The van der Waals surface area contributed by atoms with Gasteiger partial charge in [-0.3, -0.25) is 14.6 Å². The SMILES string of the molecule is CC1(C)OC(=O)C(C=Nc2ccccc2Sc2nc3ccccc3[nH]2)C(=O)O1. The van der Waals surface area contributed by atoms with Crippen molar-refractivity contribution in [2.24, 2.45) is 10.9 Å². The zero-order chi connectivity index (χ0) is 19.7. The number of esters is 2. The van der Waals surface area contributed by atoms with E-state index in [4.69, 9.17) is 9.47 Å². The Kier molecular flexibility index (Phi) is 4.64. The maximum atomic E-state index is 12.1. The molecule has 0 aliphatic carbocycles. The first-order valence-corrected chi connectivity index (χ1v) is 9.44. The highest BCUT2D eigenvalue weighted by Crippen LogP contribution is 2.34. The van der Waals surface area contributed by atoms with E-state index >= 15 is 0 Å². The number of benzene rings is 2. The number of carbonyl (C=O) groups excluding carboxylic acids is 2. The van der Waals surface area contributed by atoms with Crippen LogP contribution >= 0.6 is 11.8 Å². The fourth-order valence-corrected chi connectivity index (χ4v) is 3.62. The fourth-order valence-electron chi connectivity index (χ4n) is 2.74. The van der Waals surface area contributed by atoms with E-state index < -0.39 is 23.6 Å². The van der Waals surface area contributed by atoms with E-state index in [0.717, 1.165) is 21.1 Å². The summed E-state index contributed by atoms with van der Waals surface area (Å²) < 4.78 is 10.2. The second-order valence-electron chi connectivity index (χ2n) is 6.63. The molecule has 8 heteroatoms. The van der Waals surface area contributed by atoms with Gasteiger partial charge in [-0.1, -0.05) is 24.3 Å². The number of fused-ring (bicyclic) bond motifs is 1. The third kappa shape index (κ3) is 3.77. The minimum absolute atomic E-state index is 0.610. The number of aliphatic imine (C=N–C) groups is 1. The number of cyclic esters (lactones) is 2. The topological polar surface area (TPSA) is 93.6 Å². The fraction of sp³-hybridized carbons (Fsp3) is 0.200. The lowest BCUT2D eigenvalue weighted by atomic mass is 10.1. The van der Waals surface area contributed by atoms with Gasteiger partial charge >= 0.3 is 11.9 Å². The largest absolute Gasteiger partial charge is 0.422 e. The van der Waals surface area contributed by atoms with E-state index in [1.165, 1.54) is 31.8 Å². The van der Waals surface area contributed by atoms with Crippen LogP contribution in [0.3, 0.4) is 0 Å². The quantitative estimate of drug-likeness (QED) is 0.409. The Bertz CT molecular complexity index is 1040. The van der Waals surface area contributed by atoms with Crippen molar-refractivity contribution in [3.05, 3.63) is 48.5 Å². The first-order chi connectivity index (χ1) is 13.4. The number of imidazole rings is 1. The molecule has 4 rings (SSSR count). The van der Waals surface area contributed by atoms with Gasteiger partial charge in [0.2, 0.25) is 0 Å². The summed E-state index contributed by atoms with van der Waals surface area (Å²) in [6.45, 7) is 3.02. The number of H-pyrrole nitrogens is 1. The highest BCUT2D eigenvalue weighted by molar-refractivity contribution is 7.99. The molecular weight excluding hydrogens is 378 g/mol. The molecule has 0 saturated carbocycles. The molecule has 0 atom stereocenters. The minimum Gasteiger partial charge on any atom is -0.422 e. The second-order valence-corrected chi connectivity index (χ2v) is 7.66. The van der Waals surface area contributed by atoms with Gasteiger partial charge in [0, 0.05) is 25.0 Å². The highest BCUT2D eigenvalue weighted by atomic mass is 32.2. The molecule has 1 saturated heterocycles. The molecule has 2 aromatic carbocycles. The van der Waals surface area contributed by atoms with Crippen molar-refractivity contribution in [3.63, 3.8) is 0 Å². The summed E-state index contributed by atoms with van der Waals surface area (Å²) in [5.74, 6) is -3.79. The zero-order valence-corrected chi connectivity index (χ0v) is 16.0. The normalized spacial score (nSPS) is 17.1. The third-order valence-electron chi connectivity index (χ3n) is 4.00. The van der Waals surface area contributed by atoms with Crippen molar-refractivity contribution in [1.29, 1.82) is 0 Å². The van der Waals surface area contributed by atoms with E-state index in [0.29, 0.717) is 5.69 Å². The van der Waals surface area contributed by atoms with E-state index in [2.05, 4.69) is 15.0 Å². The summed E-state index contributed by atoms with van der Waals surface area (Å²) in [5.41, 5.74) is 2.43. The zero-order valence-electron chi connectivity index (χ0n) is 15.2. The highest BCUT2D eigenvalue weighted by Gasteiger charge is 2.42. The van der Waals surface area contributed by atoms with Gasteiger partial charge in [0.25, 0.3) is 5.79 Å². The molecule has 1 aromatic heterocycles. The molecule has 1 aliphatic rings. The summed E-state index contributed by atoms with van der Waals surface area (Å²) >= 11 is 1.42. The van der Waals surface area contributed by atoms with Gasteiger partial charge in [0.1, 0.15) is 0 Å². The molecule has 0 spiro atoms. The predicted molar refractivity (Wildman–Crippen MR) is 105 cm³/mol. The van der Waals surface area contributed by atoms with Crippen LogP contribution in [0.2, 0.25) is 0 Å². The number of hydrogen-bond donors (Lipinski definition) is 1. The first kappa shape index (κ1) is 18.2. The molecule has 0 amide bonds. The lowest BCUT2D eigenvalue weighted by Crippen LogP contribution is -2.46. The lowest BCUT2D eigenvalue weighted by Gasteiger charge is -2.31. The van der Waals surface area contributed by atoms with Crippen LogP contribution in [0.25, 0.3) is 11.0 Å². The monoisotopic (exact) mass is 395 g/mol. The number of ether oxygens (including phenoxy) is 2. The number of para-hydroxylation sites is 3. The number of carbonyl (C=O) groups is 2. The molecule has 3 aromatic rings. The van der Waals surface area contributed by atoms with Gasteiger partial charge in [0.05, 0.1) is 16.7 Å². The molecule has 1 aliphatic heterocycles. The van der Waals surface area contributed by atoms with Gasteiger partial charge in [-0.25, -0.2) is 4.98 Å². The van der Waals surface area contributed by atoms with Crippen LogP contribution in [0.15, 0.2) is 63.6 Å². The second kappa shape index (κ2) is 7.12. The summed E-state index contributed by atoms with van der Waals surface area (Å²) in [6.07, 6.45) is 1.26. The van der Waals surface area contributed by atoms with Gasteiger partial charge in [-0.2, -0.15) is 0 Å².